The summed E-state index contributed by atoms with van der Waals surface area (Å²) in [5.41, 5.74) is 2.65. The molecule has 5 nitrogen and oxygen atoms in total. The van der Waals surface area contributed by atoms with E-state index >= 15 is 0 Å². The maximum atomic E-state index is 12.6. The molecule has 0 saturated carbocycles. The molecule has 2 rings (SSSR count). The smallest absolute Gasteiger partial charge is 0.451 e. The molecule has 0 aliphatic carbocycles. The van der Waals surface area contributed by atoms with Crippen molar-refractivity contribution >= 4 is 17.4 Å². The van der Waals surface area contributed by atoms with Crippen LogP contribution >= 0.6 is 11.6 Å². The Bertz CT molecular complexity index is 636. The molecule has 0 spiro atoms. The van der Waals surface area contributed by atoms with Crippen LogP contribution in [0.3, 0.4) is 0 Å². The predicted octanol–water partition coefficient (Wildman–Crippen LogP) is 3.01. The third-order valence-corrected chi connectivity index (χ3v) is 2.81. The number of hydrogen-bond acceptors (Lipinski definition) is 5. The van der Waals surface area contributed by atoms with Crippen LogP contribution in [0.4, 0.5) is 19.0 Å². The summed E-state index contributed by atoms with van der Waals surface area (Å²) in [5, 5.41) is 0.444. The van der Waals surface area contributed by atoms with E-state index in [4.69, 9.17) is 22.2 Å². The van der Waals surface area contributed by atoms with Gasteiger partial charge >= 0.3 is 6.18 Å². The van der Waals surface area contributed by atoms with Crippen LogP contribution in [-0.4, -0.2) is 9.97 Å². The molecule has 0 unspecified atom stereocenters. The molecule has 0 amide bonds. The Morgan fingerprint density at radius 3 is 2.57 bits per heavy atom. The molecule has 2 aromatic rings. The van der Waals surface area contributed by atoms with E-state index in [0.717, 1.165) is 6.07 Å². The Balaban J connectivity index is 2.22. The third-order valence-electron chi connectivity index (χ3n) is 2.44. The van der Waals surface area contributed by atoms with Gasteiger partial charge in [0.25, 0.3) is 0 Å². The molecule has 21 heavy (non-hydrogen) atoms. The van der Waals surface area contributed by atoms with Gasteiger partial charge in [-0.3, -0.25) is 0 Å². The Morgan fingerprint density at radius 2 is 1.95 bits per heavy atom. The number of nitrogen functional groups attached to an aromatic ring is 1. The molecular formula is C12H10ClF3N4O. The molecule has 0 fully saturated rings. The van der Waals surface area contributed by atoms with Crippen molar-refractivity contribution in [3.8, 4) is 5.88 Å². The van der Waals surface area contributed by atoms with Gasteiger partial charge in [-0.05, 0) is 6.07 Å². The van der Waals surface area contributed by atoms with Crippen LogP contribution in [0.25, 0.3) is 0 Å². The van der Waals surface area contributed by atoms with Crippen molar-refractivity contribution in [1.82, 2.24) is 9.97 Å². The number of hydrogen-bond donors (Lipinski definition) is 2. The molecule has 9 heteroatoms. The molecule has 0 radical (unpaired) electrons. The van der Waals surface area contributed by atoms with Gasteiger partial charge in [0, 0.05) is 16.7 Å². The summed E-state index contributed by atoms with van der Waals surface area (Å²) in [6.07, 6.45) is -4.70. The van der Waals surface area contributed by atoms with Gasteiger partial charge in [0.15, 0.2) is 0 Å². The molecule has 0 atom stereocenters. The summed E-state index contributed by atoms with van der Waals surface area (Å²) >= 11 is 5.93. The van der Waals surface area contributed by atoms with Crippen LogP contribution in [0, 0.1) is 0 Å². The monoisotopic (exact) mass is 318 g/mol. The highest BCUT2D eigenvalue weighted by molar-refractivity contribution is 6.31. The zero-order chi connectivity index (χ0) is 15.5. The number of halogens is 4. The molecule has 0 saturated heterocycles. The van der Waals surface area contributed by atoms with Crippen LogP contribution in [0.5, 0.6) is 5.88 Å². The molecule has 0 aliphatic rings. The third kappa shape index (κ3) is 3.96. The molecule has 0 aliphatic heterocycles. The summed E-state index contributed by atoms with van der Waals surface area (Å²) < 4.78 is 43.1. The van der Waals surface area contributed by atoms with Crippen molar-refractivity contribution in [2.24, 2.45) is 5.84 Å². The molecule has 1 aromatic carbocycles. The fraction of sp³-hybridized carbons (Fsp3) is 0.167. The second-order valence-corrected chi connectivity index (χ2v) is 4.34. The highest BCUT2D eigenvalue weighted by Gasteiger charge is 2.35. The number of ether oxygens (including phenoxy) is 1. The summed E-state index contributed by atoms with van der Waals surface area (Å²) in [6, 6.07) is 7.96. The number of nitrogens with two attached hydrogens (primary N) is 1. The summed E-state index contributed by atoms with van der Waals surface area (Å²) in [5.74, 6) is 3.28. The minimum atomic E-state index is -4.70. The zero-order valence-corrected chi connectivity index (χ0v) is 11.2. The van der Waals surface area contributed by atoms with E-state index in [2.05, 4.69) is 9.97 Å². The topological polar surface area (TPSA) is 73.1 Å². The van der Waals surface area contributed by atoms with Crippen molar-refractivity contribution in [3.63, 3.8) is 0 Å². The fourth-order valence-corrected chi connectivity index (χ4v) is 1.66. The van der Waals surface area contributed by atoms with Crippen LogP contribution in [-0.2, 0) is 12.8 Å². The molecule has 1 heterocycles. The lowest BCUT2D eigenvalue weighted by Gasteiger charge is -2.11. The first-order chi connectivity index (χ1) is 9.90. The van der Waals surface area contributed by atoms with E-state index in [1.807, 2.05) is 5.43 Å². The van der Waals surface area contributed by atoms with Gasteiger partial charge in [0.1, 0.15) is 12.4 Å². The van der Waals surface area contributed by atoms with Crippen LogP contribution in [0.1, 0.15) is 11.4 Å². The van der Waals surface area contributed by atoms with Gasteiger partial charge in [-0.2, -0.15) is 18.2 Å². The van der Waals surface area contributed by atoms with Gasteiger partial charge < -0.3 is 10.2 Å². The first-order valence-electron chi connectivity index (χ1n) is 5.69. The average molecular weight is 319 g/mol. The molecule has 3 N–H and O–H groups in total. The average Bonchev–Trinajstić information content (AvgIpc) is 2.45. The van der Waals surface area contributed by atoms with E-state index in [0.29, 0.717) is 10.6 Å². The molecule has 0 bridgehead atoms. The van der Waals surface area contributed by atoms with Gasteiger partial charge in [-0.1, -0.05) is 29.8 Å². The van der Waals surface area contributed by atoms with Gasteiger partial charge in [-0.15, -0.1) is 0 Å². The van der Waals surface area contributed by atoms with E-state index in [1.54, 1.807) is 24.3 Å². The minimum Gasteiger partial charge on any atom is -0.473 e. The number of hydrazine groups is 1. The maximum Gasteiger partial charge on any atom is 0.451 e. The van der Waals surface area contributed by atoms with Crippen molar-refractivity contribution in [2.75, 3.05) is 5.43 Å². The Labute approximate surface area is 122 Å². The molecular weight excluding hydrogens is 309 g/mol. The summed E-state index contributed by atoms with van der Waals surface area (Å²) in [4.78, 5) is 6.52. The summed E-state index contributed by atoms with van der Waals surface area (Å²) in [6.45, 7) is -0.0298. The van der Waals surface area contributed by atoms with E-state index < -0.39 is 12.0 Å². The lowest BCUT2D eigenvalue weighted by atomic mass is 10.2. The number of aromatic nitrogens is 2. The standard InChI is InChI=1S/C12H10ClF3N4O/c13-8-4-2-1-3-7(8)6-21-10-5-9(20-17)18-11(19-10)12(14,15)16/h1-5H,6,17H2,(H,18,19,20). The second-order valence-electron chi connectivity index (χ2n) is 3.94. The van der Waals surface area contributed by atoms with Crippen molar-refractivity contribution in [3.05, 3.63) is 46.7 Å². The SMILES string of the molecule is NNc1cc(OCc2ccccc2Cl)nc(C(F)(F)F)n1. The van der Waals surface area contributed by atoms with E-state index in [9.17, 15) is 13.2 Å². The summed E-state index contributed by atoms with van der Waals surface area (Å²) in [7, 11) is 0. The number of alkyl halides is 3. The van der Waals surface area contributed by atoms with Crippen molar-refractivity contribution < 1.29 is 17.9 Å². The highest BCUT2D eigenvalue weighted by Crippen LogP contribution is 2.29. The van der Waals surface area contributed by atoms with Crippen LogP contribution < -0.4 is 16.0 Å². The van der Waals surface area contributed by atoms with Crippen molar-refractivity contribution in [1.29, 1.82) is 0 Å². The van der Waals surface area contributed by atoms with Gasteiger partial charge in [-0.25, -0.2) is 10.8 Å². The van der Waals surface area contributed by atoms with E-state index in [-0.39, 0.29) is 18.3 Å². The minimum absolute atomic E-state index is 0.0298. The van der Waals surface area contributed by atoms with Crippen molar-refractivity contribution in [2.45, 2.75) is 12.8 Å². The lowest BCUT2D eigenvalue weighted by molar-refractivity contribution is -0.145. The van der Waals surface area contributed by atoms with Gasteiger partial charge in [0.05, 0.1) is 0 Å². The highest BCUT2D eigenvalue weighted by atomic mass is 35.5. The quantitative estimate of drug-likeness (QED) is 0.669. The zero-order valence-electron chi connectivity index (χ0n) is 10.5. The second kappa shape index (κ2) is 6.15. The van der Waals surface area contributed by atoms with Gasteiger partial charge in [0.2, 0.25) is 11.7 Å². The lowest BCUT2D eigenvalue weighted by Crippen LogP contribution is -2.16. The Morgan fingerprint density at radius 1 is 1.24 bits per heavy atom. The first kappa shape index (κ1) is 15.3. The van der Waals surface area contributed by atoms with Crippen LogP contribution in [0.2, 0.25) is 5.02 Å². The predicted molar refractivity (Wildman–Crippen MR) is 70.6 cm³/mol. The molecule has 1 aromatic heterocycles. The fourth-order valence-electron chi connectivity index (χ4n) is 1.47. The van der Waals surface area contributed by atoms with Crippen LogP contribution in [0.15, 0.2) is 30.3 Å². The van der Waals surface area contributed by atoms with E-state index in [1.165, 1.54) is 0 Å². The number of rotatable bonds is 4. The normalized spacial score (nSPS) is 11.3. The maximum absolute atomic E-state index is 12.6. The number of nitrogens with one attached hydrogen (secondary N) is 1. The molecule has 112 valence electrons. The largest absolute Gasteiger partial charge is 0.473 e. The number of benzene rings is 1. The number of nitrogens with zero attached hydrogens (tertiary/aromatic N) is 2. The first-order valence-corrected chi connectivity index (χ1v) is 6.07. The Hall–Kier alpha value is -2.06. The number of anilines is 1. The Kier molecular flexibility index (Phi) is 4.49.